The largest absolute Gasteiger partial charge is 0.468 e. The van der Waals surface area contributed by atoms with Crippen LogP contribution in [-0.2, 0) is 19.3 Å². The summed E-state index contributed by atoms with van der Waals surface area (Å²) in [6, 6.07) is 0. The average molecular weight is 265 g/mol. The molecule has 2 heterocycles. The van der Waals surface area contributed by atoms with Gasteiger partial charge >= 0.3 is 0 Å². The summed E-state index contributed by atoms with van der Waals surface area (Å²) in [5.74, 6) is 0.709. The molecule has 0 aromatic heterocycles. The first-order chi connectivity index (χ1) is 7.55. The third kappa shape index (κ3) is 3.88. The zero-order chi connectivity index (χ0) is 11.6. The van der Waals surface area contributed by atoms with E-state index in [9.17, 15) is 8.42 Å². The molecule has 0 radical (unpaired) electrons. The number of thiocarbonyl (C=S) groups is 1. The molecule has 2 fully saturated rings. The van der Waals surface area contributed by atoms with Gasteiger partial charge < -0.3 is 14.8 Å². The molecule has 2 unspecified atom stereocenters. The first-order valence-corrected chi connectivity index (χ1v) is 7.51. The number of hydrogen-bond acceptors (Lipinski definition) is 5. The standard InChI is InChI=1S/C9H15NO4S2/c11-16(12)2-1-7(6-16)3-10-9(15)14-5-8-4-13-8/h7-8H,1-6H2,(H,10,15). The molecule has 0 aliphatic carbocycles. The molecule has 7 heteroatoms. The van der Waals surface area contributed by atoms with Gasteiger partial charge in [-0.2, -0.15) is 0 Å². The first kappa shape index (κ1) is 12.1. The van der Waals surface area contributed by atoms with Crippen molar-refractivity contribution in [3.05, 3.63) is 0 Å². The zero-order valence-corrected chi connectivity index (χ0v) is 10.5. The highest BCUT2D eigenvalue weighted by Gasteiger charge is 2.28. The van der Waals surface area contributed by atoms with E-state index in [-0.39, 0.29) is 17.8 Å². The lowest BCUT2D eigenvalue weighted by Crippen LogP contribution is -2.31. The van der Waals surface area contributed by atoms with Crippen LogP contribution in [0.2, 0.25) is 0 Å². The van der Waals surface area contributed by atoms with Gasteiger partial charge in [-0.25, -0.2) is 8.42 Å². The second-order valence-electron chi connectivity index (χ2n) is 4.20. The van der Waals surface area contributed by atoms with Gasteiger partial charge in [0.05, 0.1) is 18.1 Å². The summed E-state index contributed by atoms with van der Waals surface area (Å²) < 4.78 is 32.6. The topological polar surface area (TPSA) is 67.9 Å². The van der Waals surface area contributed by atoms with Gasteiger partial charge in [-0.1, -0.05) is 0 Å². The number of epoxide rings is 1. The van der Waals surface area contributed by atoms with E-state index in [1.807, 2.05) is 0 Å². The van der Waals surface area contributed by atoms with E-state index in [2.05, 4.69) is 5.32 Å². The van der Waals surface area contributed by atoms with Crippen molar-refractivity contribution in [1.82, 2.24) is 5.32 Å². The molecule has 0 amide bonds. The maximum absolute atomic E-state index is 11.2. The second kappa shape index (κ2) is 4.85. The molecule has 2 saturated heterocycles. The summed E-state index contributed by atoms with van der Waals surface area (Å²) in [5.41, 5.74) is 0. The van der Waals surface area contributed by atoms with E-state index in [0.717, 1.165) is 6.61 Å². The number of ether oxygens (including phenoxy) is 2. The lowest BCUT2D eigenvalue weighted by Gasteiger charge is -2.11. The molecule has 2 atom stereocenters. The van der Waals surface area contributed by atoms with Crippen molar-refractivity contribution in [2.45, 2.75) is 12.5 Å². The van der Waals surface area contributed by atoms with E-state index in [4.69, 9.17) is 21.7 Å². The molecule has 0 aromatic carbocycles. The number of hydrogen-bond donors (Lipinski definition) is 1. The van der Waals surface area contributed by atoms with Crippen molar-refractivity contribution < 1.29 is 17.9 Å². The van der Waals surface area contributed by atoms with Crippen LogP contribution in [0.3, 0.4) is 0 Å². The summed E-state index contributed by atoms with van der Waals surface area (Å²) in [6.45, 7) is 1.79. The average Bonchev–Trinajstić information content (AvgIpc) is 2.97. The van der Waals surface area contributed by atoms with E-state index in [1.54, 1.807) is 0 Å². The SMILES string of the molecule is O=S1(=O)CCC(CNC(=S)OCC2CO2)C1. The third-order valence-electron chi connectivity index (χ3n) is 2.66. The Hall–Kier alpha value is -0.400. The summed E-state index contributed by atoms with van der Waals surface area (Å²) in [7, 11) is -2.80. The Morgan fingerprint density at radius 2 is 2.31 bits per heavy atom. The van der Waals surface area contributed by atoms with Crippen molar-refractivity contribution in [2.75, 3.05) is 31.3 Å². The molecular formula is C9H15NO4S2. The van der Waals surface area contributed by atoms with Crippen LogP contribution < -0.4 is 5.32 Å². The van der Waals surface area contributed by atoms with Crippen LogP contribution in [0.25, 0.3) is 0 Å². The number of nitrogens with one attached hydrogen (secondary N) is 1. The van der Waals surface area contributed by atoms with Gasteiger partial charge in [0.2, 0.25) is 0 Å². The number of rotatable bonds is 4. The molecule has 1 N–H and O–H groups in total. The molecule has 5 nitrogen and oxygen atoms in total. The van der Waals surface area contributed by atoms with Crippen molar-refractivity contribution in [1.29, 1.82) is 0 Å². The zero-order valence-electron chi connectivity index (χ0n) is 8.85. The van der Waals surface area contributed by atoms with Gasteiger partial charge in [0.15, 0.2) is 9.84 Å². The molecule has 0 aromatic rings. The first-order valence-electron chi connectivity index (χ1n) is 5.28. The fourth-order valence-corrected chi connectivity index (χ4v) is 3.66. The second-order valence-corrected chi connectivity index (χ2v) is 6.80. The van der Waals surface area contributed by atoms with Crippen LogP contribution in [0.1, 0.15) is 6.42 Å². The van der Waals surface area contributed by atoms with Gasteiger partial charge in [0.1, 0.15) is 12.7 Å². The number of sulfone groups is 1. The Morgan fingerprint density at radius 3 is 2.88 bits per heavy atom. The van der Waals surface area contributed by atoms with Crippen LogP contribution in [0.4, 0.5) is 0 Å². The minimum Gasteiger partial charge on any atom is -0.468 e. The van der Waals surface area contributed by atoms with Crippen LogP contribution in [0.5, 0.6) is 0 Å². The lowest BCUT2D eigenvalue weighted by molar-refractivity contribution is 0.248. The summed E-state index contributed by atoms with van der Waals surface area (Å²) >= 11 is 4.95. The Morgan fingerprint density at radius 1 is 1.56 bits per heavy atom. The lowest BCUT2D eigenvalue weighted by atomic mass is 10.1. The highest BCUT2D eigenvalue weighted by Crippen LogP contribution is 2.17. The van der Waals surface area contributed by atoms with Crippen LogP contribution >= 0.6 is 12.2 Å². The maximum atomic E-state index is 11.2. The van der Waals surface area contributed by atoms with Gasteiger partial charge in [0.25, 0.3) is 5.17 Å². The predicted molar refractivity (Wildman–Crippen MR) is 63.1 cm³/mol. The molecule has 2 rings (SSSR count). The van der Waals surface area contributed by atoms with Crippen LogP contribution in [-0.4, -0.2) is 51.0 Å². The fraction of sp³-hybridized carbons (Fsp3) is 0.889. The summed E-state index contributed by atoms with van der Waals surface area (Å²) in [6.07, 6.45) is 0.899. The van der Waals surface area contributed by atoms with Crippen molar-refractivity contribution in [2.24, 2.45) is 5.92 Å². The normalized spacial score (nSPS) is 31.0. The molecule has 0 spiro atoms. The molecule has 2 aliphatic rings. The van der Waals surface area contributed by atoms with Crippen molar-refractivity contribution in [3.8, 4) is 0 Å². The van der Waals surface area contributed by atoms with Crippen LogP contribution in [0.15, 0.2) is 0 Å². The molecule has 92 valence electrons. The van der Waals surface area contributed by atoms with Gasteiger partial charge in [-0.05, 0) is 24.6 Å². The van der Waals surface area contributed by atoms with Crippen molar-refractivity contribution >= 4 is 27.2 Å². The summed E-state index contributed by atoms with van der Waals surface area (Å²) in [4.78, 5) is 0. The predicted octanol–water partition coefficient (Wildman–Crippen LogP) is -0.289. The van der Waals surface area contributed by atoms with Gasteiger partial charge in [-0.15, -0.1) is 0 Å². The Labute approximate surface area is 100 Å². The van der Waals surface area contributed by atoms with Crippen molar-refractivity contribution in [3.63, 3.8) is 0 Å². The van der Waals surface area contributed by atoms with Gasteiger partial charge in [0, 0.05) is 6.54 Å². The Balaban J connectivity index is 1.61. The fourth-order valence-electron chi connectivity index (χ4n) is 1.64. The monoisotopic (exact) mass is 265 g/mol. The Kier molecular flexibility index (Phi) is 3.66. The summed E-state index contributed by atoms with van der Waals surface area (Å²) in [5, 5.41) is 3.27. The quantitative estimate of drug-likeness (QED) is 0.556. The third-order valence-corrected chi connectivity index (χ3v) is 4.76. The highest BCUT2D eigenvalue weighted by atomic mass is 32.2. The maximum Gasteiger partial charge on any atom is 0.256 e. The van der Waals surface area contributed by atoms with Crippen LogP contribution in [0, 0.1) is 5.92 Å². The van der Waals surface area contributed by atoms with E-state index < -0.39 is 9.84 Å². The molecule has 0 saturated carbocycles. The molecule has 16 heavy (non-hydrogen) atoms. The van der Waals surface area contributed by atoms with E-state index in [0.29, 0.717) is 30.5 Å². The minimum atomic E-state index is -2.80. The van der Waals surface area contributed by atoms with E-state index in [1.165, 1.54) is 0 Å². The minimum absolute atomic E-state index is 0.156. The molecule has 2 aliphatic heterocycles. The molecular weight excluding hydrogens is 250 g/mol. The van der Waals surface area contributed by atoms with Gasteiger partial charge in [-0.3, -0.25) is 0 Å². The Bertz CT molecular complexity index is 364. The van der Waals surface area contributed by atoms with E-state index >= 15 is 0 Å². The molecule has 0 bridgehead atoms. The smallest absolute Gasteiger partial charge is 0.256 e. The highest BCUT2D eigenvalue weighted by molar-refractivity contribution is 7.91.